The van der Waals surface area contributed by atoms with Gasteiger partial charge in [-0.15, -0.1) is 0 Å². The standard InChI is InChI=1S/C14H18N4O3/c1-3-12-13(18(19)20)14(17(2)16-12)15-9-10-21-11-7-5-4-6-8-11/h4-8,15H,3,9-10H2,1-2H3. The van der Waals surface area contributed by atoms with Gasteiger partial charge in [0.05, 0.1) is 11.5 Å². The maximum atomic E-state index is 11.1. The molecule has 0 aliphatic carbocycles. The van der Waals surface area contributed by atoms with E-state index in [2.05, 4.69) is 10.4 Å². The molecule has 21 heavy (non-hydrogen) atoms. The van der Waals surface area contributed by atoms with E-state index >= 15 is 0 Å². The van der Waals surface area contributed by atoms with Gasteiger partial charge < -0.3 is 10.1 Å². The van der Waals surface area contributed by atoms with E-state index in [0.29, 0.717) is 31.1 Å². The third kappa shape index (κ3) is 3.50. The zero-order chi connectivity index (χ0) is 15.2. The summed E-state index contributed by atoms with van der Waals surface area (Å²) < 4.78 is 7.04. The molecule has 1 N–H and O–H groups in total. The molecule has 7 nitrogen and oxygen atoms in total. The summed E-state index contributed by atoms with van der Waals surface area (Å²) in [6.07, 6.45) is 0.520. The minimum absolute atomic E-state index is 0.0414. The Bertz CT molecular complexity index is 610. The number of benzene rings is 1. The van der Waals surface area contributed by atoms with Gasteiger partial charge in [-0.25, -0.2) is 4.68 Å². The lowest BCUT2D eigenvalue weighted by Crippen LogP contribution is -2.14. The molecule has 2 rings (SSSR count). The summed E-state index contributed by atoms with van der Waals surface area (Å²) in [5.74, 6) is 1.18. The maximum absolute atomic E-state index is 11.1. The number of nitrogens with zero attached hydrogens (tertiary/aromatic N) is 3. The molecule has 1 aromatic heterocycles. The highest BCUT2D eigenvalue weighted by atomic mass is 16.6. The summed E-state index contributed by atoms with van der Waals surface area (Å²) in [4.78, 5) is 10.8. The van der Waals surface area contributed by atoms with Crippen LogP contribution in [0.3, 0.4) is 0 Å². The minimum Gasteiger partial charge on any atom is -0.492 e. The van der Waals surface area contributed by atoms with Crippen molar-refractivity contribution < 1.29 is 9.66 Å². The fraction of sp³-hybridized carbons (Fsp3) is 0.357. The van der Waals surface area contributed by atoms with Crippen molar-refractivity contribution in [3.63, 3.8) is 0 Å². The van der Waals surface area contributed by atoms with Crippen LogP contribution in [0.2, 0.25) is 0 Å². The van der Waals surface area contributed by atoms with Crippen molar-refractivity contribution in [2.45, 2.75) is 13.3 Å². The van der Waals surface area contributed by atoms with Crippen LogP contribution in [0, 0.1) is 10.1 Å². The highest BCUT2D eigenvalue weighted by molar-refractivity contribution is 5.59. The topological polar surface area (TPSA) is 82.2 Å². The van der Waals surface area contributed by atoms with Gasteiger partial charge in [-0.3, -0.25) is 10.1 Å². The van der Waals surface area contributed by atoms with Crippen LogP contribution in [0.25, 0.3) is 0 Å². The number of nitro groups is 1. The van der Waals surface area contributed by atoms with E-state index < -0.39 is 4.92 Å². The number of rotatable bonds is 7. The number of anilines is 1. The van der Waals surface area contributed by atoms with Crippen molar-refractivity contribution in [2.24, 2.45) is 7.05 Å². The fourth-order valence-corrected chi connectivity index (χ4v) is 2.05. The first-order chi connectivity index (χ1) is 10.1. The van der Waals surface area contributed by atoms with E-state index in [1.54, 1.807) is 7.05 Å². The van der Waals surface area contributed by atoms with E-state index in [-0.39, 0.29) is 5.69 Å². The molecule has 0 aliphatic heterocycles. The van der Waals surface area contributed by atoms with Gasteiger partial charge >= 0.3 is 5.69 Å². The Morgan fingerprint density at radius 3 is 2.71 bits per heavy atom. The first-order valence-electron chi connectivity index (χ1n) is 6.75. The number of nitrogens with one attached hydrogen (secondary N) is 1. The van der Waals surface area contributed by atoms with Gasteiger partial charge in [0.15, 0.2) is 0 Å². The molecule has 0 aliphatic rings. The second kappa shape index (κ2) is 6.74. The van der Waals surface area contributed by atoms with Gasteiger partial charge in [0, 0.05) is 7.05 Å². The molecule has 0 atom stereocenters. The highest BCUT2D eigenvalue weighted by Gasteiger charge is 2.25. The average molecular weight is 290 g/mol. The lowest BCUT2D eigenvalue weighted by Gasteiger charge is -2.08. The van der Waals surface area contributed by atoms with E-state index in [9.17, 15) is 10.1 Å². The molecule has 0 amide bonds. The molecular weight excluding hydrogens is 272 g/mol. The minimum atomic E-state index is -0.397. The third-order valence-corrected chi connectivity index (χ3v) is 3.02. The average Bonchev–Trinajstić information content (AvgIpc) is 2.81. The Balaban J connectivity index is 1.97. The number of aromatic nitrogens is 2. The molecule has 0 saturated heterocycles. The summed E-state index contributed by atoms with van der Waals surface area (Å²) in [6.45, 7) is 2.71. The van der Waals surface area contributed by atoms with Crippen LogP contribution < -0.4 is 10.1 Å². The quantitative estimate of drug-likeness (QED) is 0.481. The summed E-state index contributed by atoms with van der Waals surface area (Å²) >= 11 is 0. The van der Waals surface area contributed by atoms with E-state index in [0.717, 1.165) is 5.75 Å². The van der Waals surface area contributed by atoms with Gasteiger partial charge in [-0.2, -0.15) is 5.10 Å². The van der Waals surface area contributed by atoms with Gasteiger partial charge in [0.1, 0.15) is 18.1 Å². The largest absolute Gasteiger partial charge is 0.492 e. The molecule has 0 radical (unpaired) electrons. The first kappa shape index (κ1) is 14.8. The summed E-state index contributed by atoms with van der Waals surface area (Å²) in [6, 6.07) is 9.42. The molecular formula is C14H18N4O3. The number of hydrogen-bond acceptors (Lipinski definition) is 5. The number of ether oxygens (including phenoxy) is 1. The molecule has 112 valence electrons. The van der Waals surface area contributed by atoms with Gasteiger partial charge in [-0.05, 0) is 18.6 Å². The Labute approximate surface area is 122 Å². The number of aryl methyl sites for hydroxylation is 2. The van der Waals surface area contributed by atoms with Crippen molar-refractivity contribution in [1.82, 2.24) is 9.78 Å². The second-order valence-electron chi connectivity index (χ2n) is 4.47. The SMILES string of the molecule is CCc1nn(C)c(NCCOc2ccccc2)c1[N+](=O)[O-]. The Kier molecular flexibility index (Phi) is 4.76. The predicted octanol–water partition coefficient (Wildman–Crippen LogP) is 2.38. The van der Waals surface area contributed by atoms with Crippen LogP contribution in [-0.4, -0.2) is 27.9 Å². The molecule has 0 unspecified atom stereocenters. The van der Waals surface area contributed by atoms with Crippen LogP contribution in [0.5, 0.6) is 5.75 Å². The molecule has 0 saturated carbocycles. The number of hydrogen-bond donors (Lipinski definition) is 1. The molecule has 0 fully saturated rings. The summed E-state index contributed by atoms with van der Waals surface area (Å²) in [7, 11) is 1.69. The van der Waals surface area contributed by atoms with Crippen molar-refractivity contribution in [2.75, 3.05) is 18.5 Å². The Morgan fingerprint density at radius 2 is 2.10 bits per heavy atom. The predicted molar refractivity (Wildman–Crippen MR) is 79.7 cm³/mol. The second-order valence-corrected chi connectivity index (χ2v) is 4.47. The molecule has 0 spiro atoms. The first-order valence-corrected chi connectivity index (χ1v) is 6.75. The smallest absolute Gasteiger partial charge is 0.333 e. The molecule has 0 bridgehead atoms. The van der Waals surface area contributed by atoms with Crippen molar-refractivity contribution in [3.05, 3.63) is 46.1 Å². The van der Waals surface area contributed by atoms with Crippen LogP contribution in [0.1, 0.15) is 12.6 Å². The summed E-state index contributed by atoms with van der Waals surface area (Å²) in [5.41, 5.74) is 0.522. The normalized spacial score (nSPS) is 10.4. The van der Waals surface area contributed by atoms with Crippen LogP contribution in [0.4, 0.5) is 11.5 Å². The zero-order valence-electron chi connectivity index (χ0n) is 12.1. The fourth-order valence-electron chi connectivity index (χ4n) is 2.05. The van der Waals surface area contributed by atoms with Gasteiger partial charge in [0.2, 0.25) is 5.82 Å². The molecule has 7 heteroatoms. The lowest BCUT2D eigenvalue weighted by atomic mass is 10.3. The van der Waals surface area contributed by atoms with Crippen molar-refractivity contribution in [3.8, 4) is 5.75 Å². The van der Waals surface area contributed by atoms with Crippen molar-refractivity contribution >= 4 is 11.5 Å². The molecule has 1 heterocycles. The van der Waals surface area contributed by atoms with E-state index in [1.807, 2.05) is 37.3 Å². The van der Waals surface area contributed by atoms with Crippen LogP contribution in [0.15, 0.2) is 30.3 Å². The van der Waals surface area contributed by atoms with Crippen LogP contribution in [-0.2, 0) is 13.5 Å². The zero-order valence-corrected chi connectivity index (χ0v) is 12.1. The molecule has 2 aromatic rings. The third-order valence-electron chi connectivity index (χ3n) is 3.02. The monoisotopic (exact) mass is 290 g/mol. The number of para-hydroxylation sites is 1. The molecule has 1 aromatic carbocycles. The Hall–Kier alpha value is -2.57. The lowest BCUT2D eigenvalue weighted by molar-refractivity contribution is -0.384. The maximum Gasteiger partial charge on any atom is 0.333 e. The van der Waals surface area contributed by atoms with E-state index in [1.165, 1.54) is 4.68 Å². The van der Waals surface area contributed by atoms with Crippen molar-refractivity contribution in [1.29, 1.82) is 0 Å². The summed E-state index contributed by atoms with van der Waals surface area (Å²) in [5, 5.41) is 18.3. The Morgan fingerprint density at radius 1 is 1.38 bits per heavy atom. The highest BCUT2D eigenvalue weighted by Crippen LogP contribution is 2.28. The van der Waals surface area contributed by atoms with Gasteiger partial charge in [0.25, 0.3) is 0 Å². The van der Waals surface area contributed by atoms with E-state index in [4.69, 9.17) is 4.74 Å². The van der Waals surface area contributed by atoms with Crippen LogP contribution >= 0.6 is 0 Å². The van der Waals surface area contributed by atoms with Gasteiger partial charge in [-0.1, -0.05) is 25.1 Å².